The quantitative estimate of drug-likeness (QED) is 0.760. The van der Waals surface area contributed by atoms with Crippen LogP contribution in [0.5, 0.6) is 0 Å². The van der Waals surface area contributed by atoms with Crippen LogP contribution in [0.2, 0.25) is 5.02 Å². The first-order valence-electron chi connectivity index (χ1n) is 7.12. The number of ether oxygens (including phenoxy) is 2. The van der Waals surface area contributed by atoms with Gasteiger partial charge in [-0.2, -0.15) is 0 Å². The first-order chi connectivity index (χ1) is 10.0. The van der Waals surface area contributed by atoms with Gasteiger partial charge in [0.05, 0.1) is 17.7 Å². The van der Waals surface area contributed by atoms with E-state index in [0.29, 0.717) is 5.56 Å². The highest BCUT2D eigenvalue weighted by molar-refractivity contribution is 6.30. The van der Waals surface area contributed by atoms with Crippen LogP contribution in [0.3, 0.4) is 0 Å². The predicted octanol–water partition coefficient (Wildman–Crippen LogP) is 4.52. The van der Waals surface area contributed by atoms with Crippen molar-refractivity contribution in [3.63, 3.8) is 0 Å². The third-order valence-corrected chi connectivity index (χ3v) is 3.71. The number of carbonyl (C=O) groups is 1. The van der Waals surface area contributed by atoms with Crippen molar-refractivity contribution in [1.82, 2.24) is 4.90 Å². The Hall–Kier alpha value is -1.33. The van der Waals surface area contributed by atoms with Gasteiger partial charge in [0.15, 0.2) is 0 Å². The maximum absolute atomic E-state index is 13.7. The highest BCUT2D eigenvalue weighted by atomic mass is 35.5. The molecule has 4 nitrogen and oxygen atoms in total. The van der Waals surface area contributed by atoms with E-state index in [0.717, 1.165) is 0 Å². The second kappa shape index (κ2) is 5.70. The molecule has 1 saturated heterocycles. The lowest BCUT2D eigenvalue weighted by Gasteiger charge is -2.35. The molecule has 1 aliphatic heterocycles. The van der Waals surface area contributed by atoms with E-state index in [2.05, 4.69) is 0 Å². The molecule has 1 heterocycles. The number of nitrogens with zero attached hydrogens (tertiary/aromatic N) is 1. The maximum atomic E-state index is 13.7. The Labute approximate surface area is 135 Å². The minimum atomic E-state index is -0.830. The highest BCUT2D eigenvalue weighted by Crippen LogP contribution is 2.38. The van der Waals surface area contributed by atoms with Crippen molar-refractivity contribution in [3.8, 4) is 0 Å². The van der Waals surface area contributed by atoms with Gasteiger partial charge in [0.25, 0.3) is 0 Å². The Bertz CT molecular complexity index is 583. The average Bonchev–Trinajstić information content (AvgIpc) is 2.66. The van der Waals surface area contributed by atoms with Crippen molar-refractivity contribution in [2.45, 2.75) is 52.0 Å². The SMILES string of the molecule is CC(C)(C)OC(=O)N1[C@@H](c2ccc(Cl)c(F)c2)COC1(C)C. The van der Waals surface area contributed by atoms with E-state index in [-0.39, 0.29) is 11.6 Å². The van der Waals surface area contributed by atoms with E-state index in [1.54, 1.807) is 40.7 Å². The van der Waals surface area contributed by atoms with Crippen LogP contribution in [0.15, 0.2) is 18.2 Å². The van der Waals surface area contributed by atoms with Gasteiger partial charge in [-0.25, -0.2) is 9.18 Å². The van der Waals surface area contributed by atoms with Crippen molar-refractivity contribution in [2.24, 2.45) is 0 Å². The fourth-order valence-electron chi connectivity index (χ4n) is 2.43. The molecule has 0 saturated carbocycles. The lowest BCUT2D eigenvalue weighted by molar-refractivity contribution is -0.0626. The van der Waals surface area contributed by atoms with Crippen molar-refractivity contribution < 1.29 is 18.7 Å². The molecule has 1 atom stereocenters. The van der Waals surface area contributed by atoms with E-state index in [1.165, 1.54) is 17.0 Å². The summed E-state index contributed by atoms with van der Waals surface area (Å²) in [4.78, 5) is 14.0. The van der Waals surface area contributed by atoms with Crippen molar-refractivity contribution in [2.75, 3.05) is 6.61 Å². The fraction of sp³-hybridized carbons (Fsp3) is 0.562. The summed E-state index contributed by atoms with van der Waals surface area (Å²) in [5, 5.41) is 0.0470. The molecule has 0 N–H and O–H groups in total. The van der Waals surface area contributed by atoms with Gasteiger partial charge < -0.3 is 9.47 Å². The molecule has 1 aromatic carbocycles. The number of hydrogen-bond donors (Lipinski definition) is 0. The largest absolute Gasteiger partial charge is 0.444 e. The molecule has 0 radical (unpaired) electrons. The lowest BCUT2D eigenvalue weighted by Crippen LogP contribution is -2.47. The molecule has 2 rings (SSSR count). The second-order valence-corrected chi connectivity index (χ2v) is 7.20. The smallest absolute Gasteiger partial charge is 0.413 e. The summed E-state index contributed by atoms with van der Waals surface area (Å²) in [7, 11) is 0. The first-order valence-corrected chi connectivity index (χ1v) is 7.50. The van der Waals surface area contributed by atoms with Gasteiger partial charge >= 0.3 is 6.09 Å². The van der Waals surface area contributed by atoms with Crippen LogP contribution >= 0.6 is 11.6 Å². The van der Waals surface area contributed by atoms with E-state index < -0.39 is 29.3 Å². The normalized spacial score (nSPS) is 21.0. The zero-order chi connectivity index (χ0) is 16.7. The zero-order valence-corrected chi connectivity index (χ0v) is 14.2. The number of benzene rings is 1. The molecule has 0 spiro atoms. The van der Waals surface area contributed by atoms with Gasteiger partial charge in [-0.15, -0.1) is 0 Å². The second-order valence-electron chi connectivity index (χ2n) is 6.80. The first kappa shape index (κ1) is 17.0. The monoisotopic (exact) mass is 329 g/mol. The summed E-state index contributed by atoms with van der Waals surface area (Å²) in [6, 6.07) is 4.08. The molecule has 0 aliphatic carbocycles. The van der Waals surface area contributed by atoms with Gasteiger partial charge in [0, 0.05) is 0 Å². The molecule has 122 valence electrons. The van der Waals surface area contributed by atoms with Crippen LogP contribution in [0.1, 0.15) is 46.2 Å². The topological polar surface area (TPSA) is 38.8 Å². The number of carbonyl (C=O) groups excluding carboxylic acids is 1. The summed E-state index contributed by atoms with van der Waals surface area (Å²) in [5.74, 6) is -0.520. The van der Waals surface area contributed by atoms with Gasteiger partial charge in [0.1, 0.15) is 17.1 Å². The van der Waals surface area contributed by atoms with E-state index in [1.807, 2.05) is 0 Å². The maximum Gasteiger partial charge on any atom is 0.413 e. The molecule has 0 aromatic heterocycles. The Kier molecular flexibility index (Phi) is 4.42. The van der Waals surface area contributed by atoms with Gasteiger partial charge in [-0.1, -0.05) is 17.7 Å². The van der Waals surface area contributed by atoms with Gasteiger partial charge in [0.2, 0.25) is 0 Å². The molecule has 1 aliphatic rings. The molecule has 1 fully saturated rings. The molecule has 1 amide bonds. The minimum Gasteiger partial charge on any atom is -0.444 e. The summed E-state index contributed by atoms with van der Waals surface area (Å²) < 4.78 is 24.9. The van der Waals surface area contributed by atoms with Crippen LogP contribution in [0.25, 0.3) is 0 Å². The number of amides is 1. The third kappa shape index (κ3) is 3.52. The highest BCUT2D eigenvalue weighted by Gasteiger charge is 2.46. The molecular formula is C16H21ClFNO3. The molecule has 0 unspecified atom stereocenters. The van der Waals surface area contributed by atoms with Crippen LogP contribution in [0, 0.1) is 5.82 Å². The Balaban J connectivity index is 2.33. The predicted molar refractivity (Wildman–Crippen MR) is 82.3 cm³/mol. The summed E-state index contributed by atoms with van der Waals surface area (Å²) >= 11 is 5.72. The summed E-state index contributed by atoms with van der Waals surface area (Å²) in [6.45, 7) is 9.23. The number of hydrogen-bond acceptors (Lipinski definition) is 3. The Morgan fingerprint density at radius 3 is 2.64 bits per heavy atom. The number of halogens is 2. The van der Waals surface area contributed by atoms with E-state index in [9.17, 15) is 9.18 Å². The molecule has 6 heteroatoms. The Morgan fingerprint density at radius 2 is 2.09 bits per heavy atom. The lowest BCUT2D eigenvalue weighted by atomic mass is 10.1. The fourth-order valence-corrected chi connectivity index (χ4v) is 2.54. The van der Waals surface area contributed by atoms with Gasteiger partial charge in [-0.3, -0.25) is 4.90 Å². The Morgan fingerprint density at radius 1 is 1.45 bits per heavy atom. The standard InChI is InChI=1S/C16H21ClFNO3/c1-15(2,3)22-14(20)19-13(9-21-16(19,4)5)10-6-7-11(17)12(18)8-10/h6-8,13H,9H2,1-5H3/t13-/m1/s1. The molecule has 22 heavy (non-hydrogen) atoms. The van der Waals surface area contributed by atoms with Crippen molar-refractivity contribution in [1.29, 1.82) is 0 Å². The van der Waals surface area contributed by atoms with Crippen molar-refractivity contribution in [3.05, 3.63) is 34.6 Å². The molecule has 0 bridgehead atoms. The molecule has 1 aromatic rings. The number of rotatable bonds is 1. The van der Waals surface area contributed by atoms with E-state index in [4.69, 9.17) is 21.1 Å². The minimum absolute atomic E-state index is 0.0470. The van der Waals surface area contributed by atoms with Crippen LogP contribution < -0.4 is 0 Å². The van der Waals surface area contributed by atoms with Crippen LogP contribution in [0.4, 0.5) is 9.18 Å². The summed E-state index contributed by atoms with van der Waals surface area (Å²) in [5.41, 5.74) is -0.826. The van der Waals surface area contributed by atoms with E-state index >= 15 is 0 Å². The van der Waals surface area contributed by atoms with Crippen molar-refractivity contribution >= 4 is 17.7 Å². The van der Waals surface area contributed by atoms with Gasteiger partial charge in [-0.05, 0) is 52.3 Å². The van der Waals surface area contributed by atoms with Crippen LogP contribution in [-0.2, 0) is 9.47 Å². The molecular weight excluding hydrogens is 309 g/mol. The zero-order valence-electron chi connectivity index (χ0n) is 13.4. The third-order valence-electron chi connectivity index (χ3n) is 3.40. The van der Waals surface area contributed by atoms with Crippen LogP contribution in [-0.4, -0.2) is 28.9 Å². The summed E-state index contributed by atoms with van der Waals surface area (Å²) in [6.07, 6.45) is -0.490. The average molecular weight is 330 g/mol.